The summed E-state index contributed by atoms with van der Waals surface area (Å²) in [4.78, 5) is 18.5. The van der Waals surface area contributed by atoms with E-state index in [0.717, 1.165) is 31.6 Å². The van der Waals surface area contributed by atoms with Crippen molar-refractivity contribution in [2.24, 2.45) is 4.99 Å². The van der Waals surface area contributed by atoms with Gasteiger partial charge in [0.15, 0.2) is 0 Å². The van der Waals surface area contributed by atoms with Crippen LogP contribution in [-0.2, 0) is 10.2 Å². The minimum Gasteiger partial charge on any atom is -0.444 e. The zero-order chi connectivity index (χ0) is 15.1. The minimum atomic E-state index is -0.437. The molecule has 4 heteroatoms. The van der Waals surface area contributed by atoms with E-state index in [0.29, 0.717) is 0 Å². The molecule has 0 radical (unpaired) electrons. The van der Waals surface area contributed by atoms with Gasteiger partial charge in [0, 0.05) is 24.7 Å². The van der Waals surface area contributed by atoms with E-state index in [1.54, 1.807) is 0 Å². The molecule has 0 N–H and O–H groups in total. The number of likely N-dealkylation sites (tertiary alicyclic amines) is 1. The molecule has 3 rings (SSSR count). The highest BCUT2D eigenvalue weighted by Crippen LogP contribution is 2.43. The Hall–Kier alpha value is -1.84. The van der Waals surface area contributed by atoms with Crippen molar-refractivity contribution in [3.05, 3.63) is 29.8 Å². The highest BCUT2D eigenvalue weighted by atomic mass is 16.6. The molecule has 2 aliphatic heterocycles. The molecule has 112 valence electrons. The van der Waals surface area contributed by atoms with E-state index in [1.165, 1.54) is 5.56 Å². The van der Waals surface area contributed by atoms with E-state index in [9.17, 15) is 4.79 Å². The Labute approximate surface area is 125 Å². The third kappa shape index (κ3) is 2.67. The van der Waals surface area contributed by atoms with Gasteiger partial charge < -0.3 is 9.64 Å². The maximum absolute atomic E-state index is 12.1. The summed E-state index contributed by atoms with van der Waals surface area (Å²) in [5.41, 5.74) is 1.94. The van der Waals surface area contributed by atoms with E-state index in [2.05, 4.69) is 29.4 Å². The normalized spacial score (nSPS) is 19.7. The average molecular weight is 286 g/mol. The molecular formula is C17H22N2O2. The van der Waals surface area contributed by atoms with Crippen LogP contribution in [0.15, 0.2) is 29.3 Å². The third-order valence-corrected chi connectivity index (χ3v) is 4.20. The molecule has 0 saturated carbocycles. The second kappa shape index (κ2) is 4.86. The van der Waals surface area contributed by atoms with Gasteiger partial charge in [-0.15, -0.1) is 0 Å². The van der Waals surface area contributed by atoms with Crippen LogP contribution in [0.1, 0.15) is 39.2 Å². The van der Waals surface area contributed by atoms with E-state index in [1.807, 2.05) is 31.7 Å². The largest absolute Gasteiger partial charge is 0.444 e. The standard InChI is InChI=1S/C17H22N2O2/c1-16(2,3)21-15(20)19-10-8-17(9-11-19)12-18-14-7-5-4-6-13(14)17/h4-7,12H,8-11H2,1-3H3. The molecule has 2 heterocycles. The number of para-hydroxylation sites is 1. The summed E-state index contributed by atoms with van der Waals surface area (Å²) >= 11 is 0. The van der Waals surface area contributed by atoms with Gasteiger partial charge in [0.05, 0.1) is 5.69 Å². The number of fused-ring (bicyclic) bond motifs is 2. The molecule has 1 aromatic rings. The van der Waals surface area contributed by atoms with Crippen LogP contribution < -0.4 is 0 Å². The molecule has 1 amide bonds. The lowest BCUT2D eigenvalue weighted by Crippen LogP contribution is -2.46. The van der Waals surface area contributed by atoms with Gasteiger partial charge in [0.2, 0.25) is 0 Å². The summed E-state index contributed by atoms with van der Waals surface area (Å²) in [6, 6.07) is 8.30. The van der Waals surface area contributed by atoms with Crippen LogP contribution in [0.4, 0.5) is 10.5 Å². The Morgan fingerprint density at radius 3 is 2.57 bits per heavy atom. The number of carbonyl (C=O) groups excluding carboxylic acids is 1. The smallest absolute Gasteiger partial charge is 0.410 e. The lowest BCUT2D eigenvalue weighted by Gasteiger charge is -2.38. The Morgan fingerprint density at radius 1 is 1.24 bits per heavy atom. The first-order valence-electron chi connectivity index (χ1n) is 7.52. The van der Waals surface area contributed by atoms with E-state index < -0.39 is 5.60 Å². The highest BCUT2D eigenvalue weighted by molar-refractivity contribution is 5.85. The second-order valence-electron chi connectivity index (χ2n) is 6.90. The van der Waals surface area contributed by atoms with Crippen molar-refractivity contribution in [2.45, 2.75) is 44.6 Å². The van der Waals surface area contributed by atoms with Crippen LogP contribution in [0, 0.1) is 0 Å². The highest BCUT2D eigenvalue weighted by Gasteiger charge is 2.40. The minimum absolute atomic E-state index is 0.00903. The van der Waals surface area contributed by atoms with Crippen LogP contribution in [0.25, 0.3) is 0 Å². The number of piperidine rings is 1. The van der Waals surface area contributed by atoms with Gasteiger partial charge in [-0.2, -0.15) is 0 Å². The Bertz CT molecular complexity index is 579. The summed E-state index contributed by atoms with van der Waals surface area (Å²) in [5.74, 6) is 0. The van der Waals surface area contributed by atoms with Crippen molar-refractivity contribution in [3.63, 3.8) is 0 Å². The van der Waals surface area contributed by atoms with Gasteiger partial charge in [0.1, 0.15) is 5.60 Å². The van der Waals surface area contributed by atoms with Crippen LogP contribution in [0.3, 0.4) is 0 Å². The summed E-state index contributed by atoms with van der Waals surface area (Å²) in [6.45, 7) is 7.13. The van der Waals surface area contributed by atoms with Crippen molar-refractivity contribution in [3.8, 4) is 0 Å². The van der Waals surface area contributed by atoms with Gasteiger partial charge in [-0.25, -0.2) is 4.79 Å². The Kier molecular flexibility index (Phi) is 3.27. The maximum atomic E-state index is 12.1. The van der Waals surface area contributed by atoms with E-state index in [4.69, 9.17) is 4.74 Å². The molecule has 1 saturated heterocycles. The van der Waals surface area contributed by atoms with E-state index >= 15 is 0 Å². The monoisotopic (exact) mass is 286 g/mol. The summed E-state index contributed by atoms with van der Waals surface area (Å²) in [5, 5.41) is 0. The summed E-state index contributed by atoms with van der Waals surface area (Å²) < 4.78 is 5.45. The quantitative estimate of drug-likeness (QED) is 0.730. The van der Waals surface area contributed by atoms with Gasteiger partial charge >= 0.3 is 6.09 Å². The number of aliphatic imine (C=N–C) groups is 1. The predicted molar refractivity (Wildman–Crippen MR) is 83.3 cm³/mol. The van der Waals surface area contributed by atoms with Gasteiger partial charge in [-0.05, 0) is 45.2 Å². The Balaban J connectivity index is 1.69. The van der Waals surface area contributed by atoms with Crippen molar-refractivity contribution < 1.29 is 9.53 Å². The van der Waals surface area contributed by atoms with Crippen LogP contribution in [0.5, 0.6) is 0 Å². The molecule has 0 atom stereocenters. The number of rotatable bonds is 0. The first-order valence-corrected chi connectivity index (χ1v) is 7.52. The number of hydrogen-bond donors (Lipinski definition) is 0. The SMILES string of the molecule is CC(C)(C)OC(=O)N1CCC2(C=Nc3ccccc32)CC1. The van der Waals surface area contributed by atoms with Crippen LogP contribution >= 0.6 is 0 Å². The van der Waals surface area contributed by atoms with Crippen LogP contribution in [-0.4, -0.2) is 35.9 Å². The second-order valence-corrected chi connectivity index (χ2v) is 6.90. The number of ether oxygens (including phenoxy) is 1. The zero-order valence-corrected chi connectivity index (χ0v) is 12.9. The molecule has 1 spiro atoms. The Morgan fingerprint density at radius 2 is 1.90 bits per heavy atom. The molecule has 21 heavy (non-hydrogen) atoms. The lowest BCUT2D eigenvalue weighted by atomic mass is 9.75. The fourth-order valence-electron chi connectivity index (χ4n) is 3.08. The average Bonchev–Trinajstić information content (AvgIpc) is 2.77. The fraction of sp³-hybridized carbons (Fsp3) is 0.529. The summed E-state index contributed by atoms with van der Waals surface area (Å²) in [7, 11) is 0. The first kappa shape index (κ1) is 14.1. The summed E-state index contributed by atoms with van der Waals surface area (Å²) in [6.07, 6.45) is 3.68. The van der Waals surface area contributed by atoms with Crippen molar-refractivity contribution in [1.82, 2.24) is 4.90 Å². The molecular weight excluding hydrogens is 264 g/mol. The molecule has 1 fully saturated rings. The molecule has 0 bridgehead atoms. The molecule has 0 unspecified atom stereocenters. The van der Waals surface area contributed by atoms with Crippen molar-refractivity contribution in [1.29, 1.82) is 0 Å². The van der Waals surface area contributed by atoms with Crippen molar-refractivity contribution in [2.75, 3.05) is 13.1 Å². The molecule has 1 aromatic carbocycles. The van der Waals surface area contributed by atoms with Crippen LogP contribution in [0.2, 0.25) is 0 Å². The number of benzene rings is 1. The first-order chi connectivity index (χ1) is 9.90. The number of hydrogen-bond acceptors (Lipinski definition) is 3. The zero-order valence-electron chi connectivity index (χ0n) is 12.9. The fourth-order valence-corrected chi connectivity index (χ4v) is 3.08. The van der Waals surface area contributed by atoms with Crippen molar-refractivity contribution >= 4 is 18.0 Å². The van der Waals surface area contributed by atoms with Gasteiger partial charge in [-0.3, -0.25) is 4.99 Å². The molecule has 4 nitrogen and oxygen atoms in total. The lowest BCUT2D eigenvalue weighted by molar-refractivity contribution is 0.0191. The molecule has 0 aliphatic carbocycles. The predicted octanol–water partition coefficient (Wildman–Crippen LogP) is 3.67. The molecule has 0 aromatic heterocycles. The van der Waals surface area contributed by atoms with Gasteiger partial charge in [0.25, 0.3) is 0 Å². The maximum Gasteiger partial charge on any atom is 0.410 e. The molecule has 2 aliphatic rings. The topological polar surface area (TPSA) is 41.9 Å². The van der Waals surface area contributed by atoms with Gasteiger partial charge in [-0.1, -0.05) is 18.2 Å². The van der Waals surface area contributed by atoms with E-state index in [-0.39, 0.29) is 11.5 Å². The number of carbonyl (C=O) groups is 1. The number of nitrogens with zero attached hydrogens (tertiary/aromatic N) is 2. The number of amides is 1. The third-order valence-electron chi connectivity index (χ3n) is 4.20.